The molecule has 0 aliphatic heterocycles. The number of aromatic amines is 1. The summed E-state index contributed by atoms with van der Waals surface area (Å²) in [4.78, 5) is 18.8. The number of fused-ring (bicyclic) bond motifs is 1. The van der Waals surface area contributed by atoms with Crippen LogP contribution in [-0.4, -0.2) is 21.0 Å². The summed E-state index contributed by atoms with van der Waals surface area (Å²) in [5.41, 5.74) is 1.70. The molecule has 0 unspecified atom stereocenters. The van der Waals surface area contributed by atoms with Gasteiger partial charge in [0.25, 0.3) is 5.91 Å². The molecule has 0 saturated heterocycles. The summed E-state index contributed by atoms with van der Waals surface area (Å²) in [5.74, 6) is -0.498. The smallest absolute Gasteiger partial charge is 0.270 e. The van der Waals surface area contributed by atoms with Gasteiger partial charge in [-0.05, 0) is 13.0 Å². The fourth-order valence-electron chi connectivity index (χ4n) is 2.00. The molecular weight excluding hydrogens is 288 g/mol. The van der Waals surface area contributed by atoms with E-state index in [2.05, 4.69) is 20.2 Å². The number of hydrogen-bond acceptors (Lipinski definition) is 5. The van der Waals surface area contributed by atoms with Gasteiger partial charge in [-0.3, -0.25) is 4.79 Å². The van der Waals surface area contributed by atoms with Crippen molar-refractivity contribution in [2.45, 2.75) is 13.3 Å². The van der Waals surface area contributed by atoms with E-state index in [1.807, 2.05) is 30.5 Å². The number of carbonyl (C=O) groups excluding carboxylic acids is 1. The molecule has 6 nitrogen and oxygen atoms in total. The third kappa shape index (κ3) is 2.82. The molecule has 1 aromatic carbocycles. The Labute approximate surface area is 124 Å². The number of H-pyrrole nitrogens is 1. The monoisotopic (exact) mass is 300 g/mol. The summed E-state index contributed by atoms with van der Waals surface area (Å²) in [5, 5.41) is 20.8. The number of benzene rings is 1. The summed E-state index contributed by atoms with van der Waals surface area (Å²) < 4.78 is 0. The van der Waals surface area contributed by atoms with E-state index in [4.69, 9.17) is 0 Å². The maximum absolute atomic E-state index is 11.8. The Bertz CT molecular complexity index is 834. The molecule has 106 valence electrons. The Morgan fingerprint density at radius 2 is 2.24 bits per heavy atom. The first-order valence-electron chi connectivity index (χ1n) is 6.29. The molecule has 0 aliphatic carbocycles. The lowest BCUT2D eigenvalue weighted by Crippen LogP contribution is -1.98. The van der Waals surface area contributed by atoms with Crippen molar-refractivity contribution in [2.75, 3.05) is 0 Å². The van der Waals surface area contributed by atoms with Crippen molar-refractivity contribution in [3.8, 4) is 5.88 Å². The highest BCUT2D eigenvalue weighted by atomic mass is 32.1. The average Bonchev–Trinajstić information content (AvgIpc) is 2.99. The first-order chi connectivity index (χ1) is 10.1. The number of para-hydroxylation sites is 1. The molecule has 0 aliphatic rings. The highest BCUT2D eigenvalue weighted by molar-refractivity contribution is 7.09. The summed E-state index contributed by atoms with van der Waals surface area (Å²) in [6.45, 7) is 1.88. The van der Waals surface area contributed by atoms with Crippen LogP contribution in [0.5, 0.6) is 5.88 Å². The highest BCUT2D eigenvalue weighted by Gasteiger charge is 2.11. The molecule has 2 heterocycles. The molecule has 0 atom stereocenters. The predicted molar refractivity (Wildman–Crippen MR) is 80.0 cm³/mol. The van der Waals surface area contributed by atoms with E-state index in [0.717, 1.165) is 15.9 Å². The first kappa shape index (κ1) is 13.4. The van der Waals surface area contributed by atoms with Gasteiger partial charge in [-0.1, -0.05) is 18.2 Å². The zero-order valence-electron chi connectivity index (χ0n) is 11.2. The normalized spacial score (nSPS) is 11.5. The number of aromatic hydroxyl groups is 1. The van der Waals surface area contributed by atoms with Crippen molar-refractivity contribution in [1.82, 2.24) is 9.97 Å². The zero-order chi connectivity index (χ0) is 14.8. The summed E-state index contributed by atoms with van der Waals surface area (Å²) >= 11 is 1.49. The zero-order valence-corrected chi connectivity index (χ0v) is 12.0. The van der Waals surface area contributed by atoms with Crippen LogP contribution < -0.4 is 0 Å². The Morgan fingerprint density at radius 1 is 1.43 bits per heavy atom. The first-order valence-corrected chi connectivity index (χ1v) is 7.16. The minimum Gasteiger partial charge on any atom is -0.493 e. The summed E-state index contributed by atoms with van der Waals surface area (Å²) in [6, 6.07) is 7.28. The van der Waals surface area contributed by atoms with Crippen LogP contribution in [0.4, 0.5) is 5.69 Å². The molecule has 0 saturated carbocycles. The van der Waals surface area contributed by atoms with E-state index in [0.29, 0.717) is 5.69 Å². The Kier molecular flexibility index (Phi) is 3.49. The molecule has 3 aromatic rings. The number of rotatable bonds is 3. The number of nitrogens with zero attached hydrogens (tertiary/aromatic N) is 3. The summed E-state index contributed by atoms with van der Waals surface area (Å²) in [6.07, 6.45) is 0.108. The fraction of sp³-hybridized carbons (Fsp3) is 0.143. The van der Waals surface area contributed by atoms with E-state index in [1.165, 1.54) is 11.3 Å². The Hall–Kier alpha value is -2.54. The van der Waals surface area contributed by atoms with E-state index < -0.39 is 5.91 Å². The number of nitrogens with one attached hydrogen (secondary N) is 1. The summed E-state index contributed by atoms with van der Waals surface area (Å²) in [7, 11) is 0. The number of azo groups is 1. The Balaban J connectivity index is 1.81. The fourth-order valence-corrected chi connectivity index (χ4v) is 2.61. The van der Waals surface area contributed by atoms with Gasteiger partial charge in [0.05, 0.1) is 22.6 Å². The molecule has 0 bridgehead atoms. The average molecular weight is 300 g/mol. The Morgan fingerprint density at radius 3 is 3.00 bits per heavy atom. The van der Waals surface area contributed by atoms with Crippen molar-refractivity contribution in [1.29, 1.82) is 0 Å². The molecule has 2 N–H and O–H groups in total. The van der Waals surface area contributed by atoms with E-state index >= 15 is 0 Å². The lowest BCUT2D eigenvalue weighted by atomic mass is 10.2. The van der Waals surface area contributed by atoms with Gasteiger partial charge in [-0.2, -0.15) is 0 Å². The lowest BCUT2D eigenvalue weighted by molar-refractivity contribution is -0.117. The number of carbonyl (C=O) groups is 1. The van der Waals surface area contributed by atoms with Crippen molar-refractivity contribution >= 4 is 33.8 Å². The largest absolute Gasteiger partial charge is 0.493 e. The molecule has 21 heavy (non-hydrogen) atoms. The maximum atomic E-state index is 11.8. The molecule has 0 fully saturated rings. The highest BCUT2D eigenvalue weighted by Crippen LogP contribution is 2.35. The molecule has 2 aromatic heterocycles. The van der Waals surface area contributed by atoms with E-state index in [-0.39, 0.29) is 18.0 Å². The quantitative estimate of drug-likeness (QED) is 0.725. The van der Waals surface area contributed by atoms with Crippen LogP contribution in [0.25, 0.3) is 10.9 Å². The van der Waals surface area contributed by atoms with Crippen molar-refractivity contribution in [2.24, 2.45) is 10.2 Å². The van der Waals surface area contributed by atoms with Gasteiger partial charge in [0.2, 0.25) is 5.88 Å². The number of hydrogen-bond donors (Lipinski definition) is 2. The second kappa shape index (κ2) is 5.45. The third-order valence-corrected chi connectivity index (χ3v) is 3.74. The minimum atomic E-state index is -0.398. The van der Waals surface area contributed by atoms with Gasteiger partial charge in [-0.15, -0.1) is 21.6 Å². The van der Waals surface area contributed by atoms with E-state index in [9.17, 15) is 9.90 Å². The van der Waals surface area contributed by atoms with Gasteiger partial charge < -0.3 is 10.1 Å². The van der Waals surface area contributed by atoms with Crippen LogP contribution in [0, 0.1) is 6.92 Å². The SMILES string of the molecule is Cc1nc(CC(=O)N=Nc2c(O)[nH]c3ccccc23)cs1. The number of thiazole rings is 1. The molecule has 0 radical (unpaired) electrons. The van der Waals surface area contributed by atoms with Gasteiger partial charge >= 0.3 is 0 Å². The molecule has 1 amide bonds. The molecular formula is C14H12N4O2S. The van der Waals surface area contributed by atoms with Gasteiger partial charge in [0.15, 0.2) is 5.69 Å². The van der Waals surface area contributed by atoms with Crippen molar-refractivity contribution in [3.63, 3.8) is 0 Å². The van der Waals surface area contributed by atoms with Gasteiger partial charge in [0, 0.05) is 10.8 Å². The van der Waals surface area contributed by atoms with E-state index in [1.54, 1.807) is 6.07 Å². The van der Waals surface area contributed by atoms with Crippen LogP contribution in [0.3, 0.4) is 0 Å². The molecule has 3 rings (SSSR count). The van der Waals surface area contributed by atoms with Gasteiger partial charge in [-0.25, -0.2) is 4.98 Å². The maximum Gasteiger partial charge on any atom is 0.270 e. The third-order valence-electron chi connectivity index (χ3n) is 2.92. The number of aryl methyl sites for hydroxylation is 1. The van der Waals surface area contributed by atoms with Crippen LogP contribution in [0.1, 0.15) is 10.7 Å². The second-order valence-electron chi connectivity index (χ2n) is 4.50. The lowest BCUT2D eigenvalue weighted by Gasteiger charge is -1.92. The van der Waals surface area contributed by atoms with Crippen molar-refractivity contribution in [3.05, 3.63) is 40.3 Å². The van der Waals surface area contributed by atoms with Crippen LogP contribution >= 0.6 is 11.3 Å². The van der Waals surface area contributed by atoms with Crippen molar-refractivity contribution < 1.29 is 9.90 Å². The van der Waals surface area contributed by atoms with Crippen LogP contribution in [0.15, 0.2) is 39.9 Å². The predicted octanol–water partition coefficient (Wildman–Crippen LogP) is 3.49. The van der Waals surface area contributed by atoms with Crippen LogP contribution in [-0.2, 0) is 11.2 Å². The second-order valence-corrected chi connectivity index (χ2v) is 5.56. The molecule has 0 spiro atoms. The number of aromatic nitrogens is 2. The topological polar surface area (TPSA) is 90.7 Å². The molecule has 7 heteroatoms. The van der Waals surface area contributed by atoms with Crippen LogP contribution in [0.2, 0.25) is 0 Å². The number of amides is 1. The van der Waals surface area contributed by atoms with Gasteiger partial charge in [0.1, 0.15) is 0 Å². The minimum absolute atomic E-state index is 0.0998. The standard InChI is InChI=1S/C14H12N4O2S/c1-8-15-9(7-21-8)6-12(19)17-18-13-10-4-2-3-5-11(10)16-14(13)20/h2-5,7,16,20H,6H2,1H3.